The van der Waals surface area contributed by atoms with E-state index in [9.17, 15) is 9.90 Å². The lowest BCUT2D eigenvalue weighted by Crippen LogP contribution is -2.40. The van der Waals surface area contributed by atoms with E-state index in [1.807, 2.05) is 49.4 Å². The molecule has 1 atom stereocenters. The Balaban J connectivity index is 0.00000306. The topological polar surface area (TPSA) is 49.8 Å². The fourth-order valence-electron chi connectivity index (χ4n) is 4.40. The van der Waals surface area contributed by atoms with E-state index in [0.717, 1.165) is 38.0 Å². The summed E-state index contributed by atoms with van der Waals surface area (Å²) < 4.78 is 5.74. The van der Waals surface area contributed by atoms with E-state index < -0.39 is 11.6 Å². The zero-order chi connectivity index (χ0) is 22.4. The molecule has 4 nitrogen and oxygen atoms in total. The van der Waals surface area contributed by atoms with Crippen LogP contribution in [0.5, 0.6) is 0 Å². The summed E-state index contributed by atoms with van der Waals surface area (Å²) in [5.74, 6) is -0.301. The molecule has 0 amide bonds. The van der Waals surface area contributed by atoms with Crippen LogP contribution in [0.3, 0.4) is 0 Å². The minimum atomic E-state index is -1.82. The zero-order valence-electron chi connectivity index (χ0n) is 19.1. The van der Waals surface area contributed by atoms with Crippen molar-refractivity contribution >= 4 is 19.5 Å². The van der Waals surface area contributed by atoms with E-state index in [-0.39, 0.29) is 13.5 Å². The molecule has 33 heavy (non-hydrogen) atoms. The summed E-state index contributed by atoms with van der Waals surface area (Å²) in [5, 5.41) is 11.6. The summed E-state index contributed by atoms with van der Waals surface area (Å²) in [5.41, 5.74) is 1.54. The van der Waals surface area contributed by atoms with Crippen molar-refractivity contribution in [3.63, 3.8) is 0 Å². The number of hydrogen-bond acceptors (Lipinski definition) is 4. The van der Waals surface area contributed by atoms with Crippen LogP contribution in [-0.4, -0.2) is 35.7 Å². The predicted molar refractivity (Wildman–Crippen MR) is 136 cm³/mol. The number of likely N-dealkylation sites (tertiary alicyclic amines) is 1. The molecule has 0 aromatic heterocycles. The van der Waals surface area contributed by atoms with Gasteiger partial charge in [-0.3, -0.25) is 4.90 Å². The van der Waals surface area contributed by atoms with Gasteiger partial charge in [-0.05, 0) is 55.5 Å². The van der Waals surface area contributed by atoms with Gasteiger partial charge in [0, 0.05) is 6.54 Å². The van der Waals surface area contributed by atoms with Crippen LogP contribution in [0.1, 0.15) is 35.1 Å². The van der Waals surface area contributed by atoms with Gasteiger partial charge in [-0.2, -0.15) is 13.5 Å². The molecule has 1 aliphatic heterocycles. The smallest absolute Gasteiger partial charge is 0.347 e. The number of nitrogens with zero attached hydrogens (tertiary/aromatic N) is 1. The van der Waals surface area contributed by atoms with E-state index in [1.165, 1.54) is 5.56 Å². The van der Waals surface area contributed by atoms with Gasteiger partial charge in [0.15, 0.2) is 0 Å². The van der Waals surface area contributed by atoms with Crippen LogP contribution in [0.4, 0.5) is 0 Å². The first kappa shape index (κ1) is 25.0. The summed E-state index contributed by atoms with van der Waals surface area (Å²) in [6, 6.07) is 27.0. The molecule has 1 saturated heterocycles. The first-order valence-electron chi connectivity index (χ1n) is 11.3. The Hall–Kier alpha value is -2.60. The molecule has 0 aliphatic carbocycles. The lowest BCUT2D eigenvalue weighted by Gasteiger charge is -2.33. The van der Waals surface area contributed by atoms with Gasteiger partial charge in [0.05, 0.1) is 6.61 Å². The lowest BCUT2D eigenvalue weighted by atomic mass is 9.85. The van der Waals surface area contributed by atoms with Crippen molar-refractivity contribution < 1.29 is 14.6 Å². The van der Waals surface area contributed by atoms with Gasteiger partial charge in [0.2, 0.25) is 5.60 Å². The van der Waals surface area contributed by atoms with E-state index in [0.29, 0.717) is 23.7 Å². The molecule has 1 aliphatic rings. The highest BCUT2D eigenvalue weighted by Crippen LogP contribution is 2.32. The molecule has 0 saturated carbocycles. The maximum absolute atomic E-state index is 13.2. The number of carbonyl (C=O) groups is 1. The SMILES string of the molecule is Cc1cccc([C@](O)(C(=O)OCC2CCN(Cc3ccccc3)CC2)c2ccccc2)c1.S. The molecule has 5 heteroatoms. The van der Waals surface area contributed by atoms with E-state index in [2.05, 4.69) is 29.2 Å². The van der Waals surface area contributed by atoms with Gasteiger partial charge in [-0.25, -0.2) is 4.79 Å². The van der Waals surface area contributed by atoms with Gasteiger partial charge < -0.3 is 9.84 Å². The monoisotopic (exact) mass is 463 g/mol. The van der Waals surface area contributed by atoms with E-state index in [4.69, 9.17) is 4.74 Å². The summed E-state index contributed by atoms with van der Waals surface area (Å²) in [7, 11) is 0. The lowest BCUT2D eigenvalue weighted by molar-refractivity contribution is -0.164. The molecule has 0 unspecified atom stereocenters. The Bertz CT molecular complexity index is 1020. The van der Waals surface area contributed by atoms with E-state index in [1.54, 1.807) is 18.2 Å². The van der Waals surface area contributed by atoms with Crippen molar-refractivity contribution in [2.75, 3.05) is 19.7 Å². The third-order valence-electron chi connectivity index (χ3n) is 6.33. The molecule has 0 radical (unpaired) electrons. The second kappa shape index (κ2) is 11.5. The zero-order valence-corrected chi connectivity index (χ0v) is 20.1. The highest BCUT2D eigenvalue weighted by Gasteiger charge is 2.42. The van der Waals surface area contributed by atoms with Crippen LogP contribution in [0.15, 0.2) is 84.9 Å². The maximum Gasteiger partial charge on any atom is 0.347 e. The fraction of sp³-hybridized carbons (Fsp3) is 0.321. The van der Waals surface area contributed by atoms with Crippen molar-refractivity contribution in [1.29, 1.82) is 0 Å². The summed E-state index contributed by atoms with van der Waals surface area (Å²) in [6.07, 6.45) is 1.96. The van der Waals surface area contributed by atoms with Gasteiger partial charge in [0.1, 0.15) is 0 Å². The molecule has 174 valence electrons. The van der Waals surface area contributed by atoms with Crippen molar-refractivity contribution in [2.24, 2.45) is 5.92 Å². The Morgan fingerprint density at radius 3 is 2.18 bits per heavy atom. The first-order chi connectivity index (χ1) is 15.6. The van der Waals surface area contributed by atoms with Crippen LogP contribution in [0, 0.1) is 12.8 Å². The van der Waals surface area contributed by atoms with Crippen molar-refractivity contribution in [3.8, 4) is 0 Å². The molecule has 0 bridgehead atoms. The van der Waals surface area contributed by atoms with Gasteiger partial charge >= 0.3 is 5.97 Å². The number of esters is 1. The largest absolute Gasteiger partial charge is 0.463 e. The molecule has 3 aromatic rings. The highest BCUT2D eigenvalue weighted by atomic mass is 32.1. The third kappa shape index (κ3) is 6.05. The van der Waals surface area contributed by atoms with Gasteiger partial charge in [0.25, 0.3) is 0 Å². The maximum atomic E-state index is 13.2. The van der Waals surface area contributed by atoms with Crippen LogP contribution in [0.25, 0.3) is 0 Å². The Morgan fingerprint density at radius 1 is 0.939 bits per heavy atom. The molecule has 0 spiro atoms. The average Bonchev–Trinajstić information content (AvgIpc) is 2.84. The van der Waals surface area contributed by atoms with Crippen molar-refractivity contribution in [3.05, 3.63) is 107 Å². The third-order valence-corrected chi connectivity index (χ3v) is 6.33. The number of ether oxygens (including phenoxy) is 1. The van der Waals surface area contributed by atoms with Crippen LogP contribution in [0.2, 0.25) is 0 Å². The van der Waals surface area contributed by atoms with Gasteiger partial charge in [-0.1, -0.05) is 90.5 Å². The molecule has 3 aromatic carbocycles. The number of benzene rings is 3. The minimum absolute atomic E-state index is 0. The predicted octanol–water partition coefficient (Wildman–Crippen LogP) is 4.80. The standard InChI is InChI=1S/C28H31NO3.H2S/c1-22-9-8-14-26(19-22)28(31,25-12-6-3-7-13-25)27(30)32-21-24-15-17-29(18-16-24)20-23-10-4-2-5-11-23;/h2-14,19,24,31H,15-18,20-21H2,1H3;1H2/t28-;/m0./s1. The second-order valence-corrected chi connectivity index (χ2v) is 8.75. The summed E-state index contributed by atoms with van der Waals surface area (Å²) in [6.45, 7) is 5.20. The van der Waals surface area contributed by atoms with Crippen molar-refractivity contribution in [2.45, 2.75) is 31.9 Å². The quantitative estimate of drug-likeness (QED) is 0.512. The van der Waals surface area contributed by atoms with Crippen LogP contribution in [-0.2, 0) is 21.7 Å². The number of aryl methyl sites for hydroxylation is 1. The molecule has 4 rings (SSSR count). The van der Waals surface area contributed by atoms with Crippen LogP contribution < -0.4 is 0 Å². The molecular weight excluding hydrogens is 430 g/mol. The molecule has 1 N–H and O–H groups in total. The summed E-state index contributed by atoms with van der Waals surface area (Å²) >= 11 is 0. The number of aliphatic hydroxyl groups is 1. The number of rotatable bonds is 7. The molecular formula is C28H33NO3S. The Kier molecular flexibility index (Phi) is 8.73. The second-order valence-electron chi connectivity index (χ2n) is 8.75. The minimum Gasteiger partial charge on any atom is -0.463 e. The molecule has 1 fully saturated rings. The Morgan fingerprint density at radius 2 is 1.55 bits per heavy atom. The number of hydrogen-bond donors (Lipinski definition) is 1. The fourth-order valence-corrected chi connectivity index (χ4v) is 4.40. The number of piperidine rings is 1. The number of carbonyl (C=O) groups excluding carboxylic acids is 1. The average molecular weight is 464 g/mol. The normalized spacial score (nSPS) is 16.4. The molecule has 1 heterocycles. The van der Waals surface area contributed by atoms with Crippen molar-refractivity contribution in [1.82, 2.24) is 4.90 Å². The summed E-state index contributed by atoms with van der Waals surface area (Å²) in [4.78, 5) is 15.7. The van der Waals surface area contributed by atoms with E-state index >= 15 is 0 Å². The highest BCUT2D eigenvalue weighted by molar-refractivity contribution is 7.59. The first-order valence-corrected chi connectivity index (χ1v) is 11.3. The van der Waals surface area contributed by atoms with Crippen LogP contribution >= 0.6 is 13.5 Å². The Labute approximate surface area is 203 Å². The van der Waals surface area contributed by atoms with Gasteiger partial charge in [-0.15, -0.1) is 0 Å².